The molecule has 4 aromatic carbocycles. The number of esters is 1. The average Bonchev–Trinajstić information content (AvgIpc) is 3.33. The zero-order valence-electron chi connectivity index (χ0n) is 24.4. The largest absolute Gasteiger partial charge is 0.496 e. The normalized spacial score (nSPS) is 14.7. The first-order valence-electron chi connectivity index (χ1n) is 14.1. The molecule has 9 heteroatoms. The fraction of sp³-hybridized carbons (Fsp3) is 0.171. The molecule has 0 saturated carbocycles. The van der Waals surface area contributed by atoms with Crippen molar-refractivity contribution in [2.24, 2.45) is 4.99 Å². The van der Waals surface area contributed by atoms with Crippen molar-refractivity contribution < 1.29 is 23.4 Å². The molecule has 0 amide bonds. The molecule has 0 aliphatic carbocycles. The van der Waals surface area contributed by atoms with E-state index in [0.29, 0.717) is 43.2 Å². The van der Waals surface area contributed by atoms with Crippen molar-refractivity contribution in [3.63, 3.8) is 0 Å². The Morgan fingerprint density at radius 3 is 2.55 bits per heavy atom. The Balaban J connectivity index is 1.53. The molecule has 44 heavy (non-hydrogen) atoms. The van der Waals surface area contributed by atoms with E-state index in [2.05, 4.69) is 0 Å². The van der Waals surface area contributed by atoms with Gasteiger partial charge in [0.1, 0.15) is 30.0 Å². The summed E-state index contributed by atoms with van der Waals surface area (Å²) in [6.45, 7) is 3.69. The minimum absolute atomic E-state index is 0.0295. The minimum Gasteiger partial charge on any atom is -0.496 e. The minimum atomic E-state index is -0.846. The molecule has 0 bridgehead atoms. The van der Waals surface area contributed by atoms with E-state index in [1.807, 2.05) is 54.6 Å². The van der Waals surface area contributed by atoms with Crippen LogP contribution < -0.4 is 24.4 Å². The van der Waals surface area contributed by atoms with Gasteiger partial charge in [-0.15, -0.1) is 0 Å². The van der Waals surface area contributed by atoms with Crippen molar-refractivity contribution in [3.05, 3.63) is 138 Å². The molecule has 2 heterocycles. The summed E-state index contributed by atoms with van der Waals surface area (Å²) in [6, 6.07) is 24.4. The molecule has 1 atom stereocenters. The number of fused-ring (bicyclic) bond motifs is 2. The molecule has 0 saturated heterocycles. The zero-order valence-corrected chi connectivity index (χ0v) is 25.2. The summed E-state index contributed by atoms with van der Waals surface area (Å²) in [6.07, 6.45) is 1.74. The molecule has 0 radical (unpaired) electrons. The zero-order chi connectivity index (χ0) is 30.8. The number of carbonyl (C=O) groups excluding carboxylic acids is 1. The number of thiazole rings is 1. The molecule has 5 aromatic rings. The smallest absolute Gasteiger partial charge is 0.338 e. The molecular formula is C35H29FN2O5S. The van der Waals surface area contributed by atoms with Gasteiger partial charge in [0.05, 0.1) is 29.5 Å². The first-order chi connectivity index (χ1) is 21.4. The number of nitrogens with zero attached hydrogens (tertiary/aromatic N) is 2. The van der Waals surface area contributed by atoms with E-state index in [1.165, 1.54) is 17.4 Å². The number of hydrogen-bond donors (Lipinski definition) is 0. The molecule has 1 aliphatic rings. The summed E-state index contributed by atoms with van der Waals surface area (Å²) in [7, 11) is 1.57. The Morgan fingerprint density at radius 1 is 1.00 bits per heavy atom. The molecule has 0 fully saturated rings. The summed E-state index contributed by atoms with van der Waals surface area (Å²) in [5.41, 5.74) is 2.15. The lowest BCUT2D eigenvalue weighted by atomic mass is 9.90. The van der Waals surface area contributed by atoms with Gasteiger partial charge < -0.3 is 14.2 Å². The van der Waals surface area contributed by atoms with Gasteiger partial charge in [-0.3, -0.25) is 9.36 Å². The van der Waals surface area contributed by atoms with Gasteiger partial charge in [-0.25, -0.2) is 14.2 Å². The number of hydrogen-bond acceptors (Lipinski definition) is 7. The number of carbonyl (C=O) groups is 1. The first-order valence-corrected chi connectivity index (χ1v) is 14.9. The number of methoxy groups -OCH3 is 1. The van der Waals surface area contributed by atoms with Crippen LogP contribution in [0.1, 0.15) is 36.6 Å². The number of halogens is 1. The van der Waals surface area contributed by atoms with Crippen LogP contribution in [-0.2, 0) is 16.1 Å². The molecule has 1 aliphatic heterocycles. The second-order valence-corrected chi connectivity index (χ2v) is 11.1. The van der Waals surface area contributed by atoms with Gasteiger partial charge in [0.15, 0.2) is 4.80 Å². The van der Waals surface area contributed by atoms with Gasteiger partial charge in [-0.1, -0.05) is 78.1 Å². The van der Waals surface area contributed by atoms with Crippen LogP contribution in [0.15, 0.2) is 106 Å². The summed E-state index contributed by atoms with van der Waals surface area (Å²) in [5.74, 6) is 0.133. The Labute approximate surface area is 256 Å². The van der Waals surface area contributed by atoms with Crippen molar-refractivity contribution in [2.45, 2.75) is 26.5 Å². The predicted octanol–water partition coefficient (Wildman–Crippen LogP) is 5.68. The molecule has 7 nitrogen and oxygen atoms in total. The molecule has 0 spiro atoms. The van der Waals surface area contributed by atoms with E-state index in [4.69, 9.17) is 19.2 Å². The van der Waals surface area contributed by atoms with Crippen LogP contribution in [0.5, 0.6) is 11.5 Å². The number of para-hydroxylation sites is 1. The maximum Gasteiger partial charge on any atom is 0.338 e. The molecule has 0 unspecified atom stereocenters. The monoisotopic (exact) mass is 608 g/mol. The van der Waals surface area contributed by atoms with Crippen molar-refractivity contribution in [1.82, 2.24) is 4.57 Å². The third-order valence-electron chi connectivity index (χ3n) is 7.49. The fourth-order valence-electron chi connectivity index (χ4n) is 5.44. The van der Waals surface area contributed by atoms with Gasteiger partial charge >= 0.3 is 5.97 Å². The second-order valence-electron chi connectivity index (χ2n) is 10.1. The number of ether oxygens (including phenoxy) is 3. The van der Waals surface area contributed by atoms with Crippen molar-refractivity contribution >= 4 is 34.2 Å². The van der Waals surface area contributed by atoms with Gasteiger partial charge in [0.25, 0.3) is 5.56 Å². The number of rotatable bonds is 8. The Morgan fingerprint density at radius 2 is 1.75 bits per heavy atom. The van der Waals surface area contributed by atoms with E-state index in [-0.39, 0.29) is 30.2 Å². The predicted molar refractivity (Wildman–Crippen MR) is 168 cm³/mol. The summed E-state index contributed by atoms with van der Waals surface area (Å²) < 4.78 is 33.4. The highest BCUT2D eigenvalue weighted by Gasteiger charge is 2.36. The van der Waals surface area contributed by atoms with Crippen LogP contribution in [0.25, 0.3) is 16.8 Å². The SMILES string of the molecule is CCOC(=O)C1=C(C)N=c2s/c(=C/c3ccccc3OCc3ccccc3F)c(=O)n2[C@H]1c1c(OC)ccc2ccccc12. The van der Waals surface area contributed by atoms with Crippen LogP contribution in [0.2, 0.25) is 0 Å². The van der Waals surface area contributed by atoms with Gasteiger partial charge in [-0.2, -0.15) is 0 Å². The highest BCUT2D eigenvalue weighted by Crippen LogP contribution is 2.40. The summed E-state index contributed by atoms with van der Waals surface area (Å²) in [5, 5.41) is 1.78. The van der Waals surface area contributed by atoms with E-state index in [0.717, 1.165) is 10.8 Å². The fourth-order valence-corrected chi connectivity index (χ4v) is 6.48. The van der Waals surface area contributed by atoms with Crippen molar-refractivity contribution in [2.75, 3.05) is 13.7 Å². The quantitative estimate of drug-likeness (QED) is 0.212. The molecule has 6 rings (SSSR count). The van der Waals surface area contributed by atoms with E-state index in [1.54, 1.807) is 55.9 Å². The summed E-state index contributed by atoms with van der Waals surface area (Å²) >= 11 is 1.22. The number of benzene rings is 4. The Bertz CT molecular complexity index is 2110. The lowest BCUT2D eigenvalue weighted by Crippen LogP contribution is -2.40. The molecular weight excluding hydrogens is 579 g/mol. The number of aromatic nitrogens is 1. The third kappa shape index (κ3) is 5.31. The maximum absolute atomic E-state index is 14.3. The van der Waals surface area contributed by atoms with Crippen LogP contribution >= 0.6 is 11.3 Å². The van der Waals surface area contributed by atoms with E-state index >= 15 is 0 Å². The van der Waals surface area contributed by atoms with Crippen LogP contribution in [0, 0.1) is 5.82 Å². The summed E-state index contributed by atoms with van der Waals surface area (Å²) in [4.78, 5) is 32.9. The van der Waals surface area contributed by atoms with Gasteiger partial charge in [0.2, 0.25) is 0 Å². The van der Waals surface area contributed by atoms with E-state index < -0.39 is 12.0 Å². The van der Waals surface area contributed by atoms with Gasteiger partial charge in [-0.05, 0) is 48.9 Å². The van der Waals surface area contributed by atoms with Crippen LogP contribution in [-0.4, -0.2) is 24.3 Å². The van der Waals surface area contributed by atoms with E-state index in [9.17, 15) is 14.0 Å². The topological polar surface area (TPSA) is 79.1 Å². The van der Waals surface area contributed by atoms with Crippen LogP contribution in [0.4, 0.5) is 4.39 Å². The van der Waals surface area contributed by atoms with Crippen LogP contribution in [0.3, 0.4) is 0 Å². The standard InChI is InChI=1S/C35H29FN2O5S/c1-4-42-34(40)30-21(2)37-35-38(32(30)31-25-14-8-5-11-22(25)17-18-28(31)41-3)33(39)29(44-35)19-23-12-7-10-16-27(23)43-20-24-13-6-9-15-26(24)36/h5-19,32H,4,20H2,1-3H3/b29-19+/t32-/m1/s1. The van der Waals surface area contributed by atoms with Gasteiger partial charge in [0, 0.05) is 16.7 Å². The lowest BCUT2D eigenvalue weighted by Gasteiger charge is -2.27. The highest BCUT2D eigenvalue weighted by atomic mass is 32.1. The first kappa shape index (κ1) is 29.1. The highest BCUT2D eigenvalue weighted by molar-refractivity contribution is 7.07. The maximum atomic E-state index is 14.3. The number of allylic oxidation sites excluding steroid dienone is 1. The van der Waals surface area contributed by atoms with Crippen molar-refractivity contribution in [1.29, 1.82) is 0 Å². The Hall–Kier alpha value is -5.02. The van der Waals surface area contributed by atoms with Crippen molar-refractivity contribution in [3.8, 4) is 11.5 Å². The third-order valence-corrected chi connectivity index (χ3v) is 8.47. The second kappa shape index (κ2) is 12.3. The molecule has 222 valence electrons. The Kier molecular flexibility index (Phi) is 8.13. The lowest BCUT2D eigenvalue weighted by molar-refractivity contribution is -0.139. The average molecular weight is 609 g/mol. The molecule has 0 N–H and O–H groups in total. The molecule has 1 aromatic heterocycles.